The molecule has 0 atom stereocenters. The summed E-state index contributed by atoms with van der Waals surface area (Å²) < 4.78 is 10.7. The molecule has 2 heterocycles. The molecule has 8 heteroatoms. The van der Waals surface area contributed by atoms with E-state index in [1.807, 2.05) is 23.6 Å². The van der Waals surface area contributed by atoms with Gasteiger partial charge in [0, 0.05) is 10.9 Å². The smallest absolute Gasteiger partial charge is 0.259 e. The lowest BCUT2D eigenvalue weighted by Crippen LogP contribution is -2.12. The first-order chi connectivity index (χ1) is 12.1. The predicted octanol–water partition coefficient (Wildman–Crippen LogP) is 5.10. The van der Waals surface area contributed by atoms with Crippen LogP contribution >= 0.6 is 34.5 Å². The van der Waals surface area contributed by atoms with Gasteiger partial charge < -0.3 is 9.47 Å². The van der Waals surface area contributed by atoms with E-state index in [9.17, 15) is 4.79 Å². The molecule has 1 aliphatic rings. The Morgan fingerprint density at radius 3 is 2.88 bits per heavy atom. The van der Waals surface area contributed by atoms with Crippen molar-refractivity contribution >= 4 is 45.6 Å². The number of rotatable bonds is 3. The molecule has 0 aliphatic carbocycles. The van der Waals surface area contributed by atoms with Crippen LogP contribution in [0, 0.1) is 0 Å². The van der Waals surface area contributed by atoms with Crippen LogP contribution in [0.5, 0.6) is 11.5 Å². The molecule has 0 radical (unpaired) electrons. The van der Waals surface area contributed by atoms with E-state index in [4.69, 9.17) is 32.7 Å². The van der Waals surface area contributed by atoms with Crippen molar-refractivity contribution in [2.75, 3.05) is 12.1 Å². The monoisotopic (exact) mass is 392 g/mol. The summed E-state index contributed by atoms with van der Waals surface area (Å²) in [7, 11) is 0. The van der Waals surface area contributed by atoms with Crippen molar-refractivity contribution in [1.82, 2.24) is 4.98 Å². The minimum Gasteiger partial charge on any atom is -0.454 e. The lowest BCUT2D eigenvalue weighted by Gasteiger charge is -2.05. The summed E-state index contributed by atoms with van der Waals surface area (Å²) >= 11 is 13.3. The van der Waals surface area contributed by atoms with E-state index in [1.54, 1.807) is 18.2 Å². The van der Waals surface area contributed by atoms with Gasteiger partial charge in [-0.05, 0) is 30.3 Å². The Labute approximate surface area is 157 Å². The van der Waals surface area contributed by atoms with Gasteiger partial charge in [0.1, 0.15) is 0 Å². The molecule has 3 aromatic rings. The van der Waals surface area contributed by atoms with Gasteiger partial charge in [-0.15, -0.1) is 11.3 Å². The van der Waals surface area contributed by atoms with E-state index < -0.39 is 0 Å². The highest BCUT2D eigenvalue weighted by atomic mass is 35.5. The number of aromatic nitrogens is 1. The molecule has 126 valence electrons. The molecule has 0 fully saturated rings. The summed E-state index contributed by atoms with van der Waals surface area (Å²) in [5.74, 6) is 1.03. The van der Waals surface area contributed by atoms with Crippen molar-refractivity contribution in [3.05, 3.63) is 57.4 Å². The Morgan fingerprint density at radius 2 is 2.00 bits per heavy atom. The number of anilines is 1. The topological polar surface area (TPSA) is 60.5 Å². The molecule has 5 nitrogen and oxygen atoms in total. The highest BCUT2D eigenvalue weighted by Crippen LogP contribution is 2.36. The number of fused-ring (bicyclic) bond motifs is 1. The first-order valence-corrected chi connectivity index (χ1v) is 8.86. The Hall–Kier alpha value is -2.28. The third kappa shape index (κ3) is 3.16. The first-order valence-electron chi connectivity index (χ1n) is 7.23. The van der Waals surface area contributed by atoms with E-state index in [2.05, 4.69) is 10.3 Å². The maximum absolute atomic E-state index is 12.4. The summed E-state index contributed by atoms with van der Waals surface area (Å²) in [5.41, 5.74) is 1.91. The van der Waals surface area contributed by atoms with Gasteiger partial charge in [-0.25, -0.2) is 4.98 Å². The van der Waals surface area contributed by atoms with Gasteiger partial charge >= 0.3 is 0 Å². The van der Waals surface area contributed by atoms with Gasteiger partial charge in [-0.3, -0.25) is 10.1 Å². The van der Waals surface area contributed by atoms with Crippen LogP contribution in [-0.2, 0) is 0 Å². The fourth-order valence-electron chi connectivity index (χ4n) is 2.36. The normalized spacial score (nSPS) is 12.2. The number of hydrogen-bond donors (Lipinski definition) is 1. The summed E-state index contributed by atoms with van der Waals surface area (Å²) in [6.07, 6.45) is 0. The molecule has 0 saturated heterocycles. The van der Waals surface area contributed by atoms with Gasteiger partial charge in [-0.2, -0.15) is 0 Å². The van der Waals surface area contributed by atoms with Crippen molar-refractivity contribution in [3.8, 4) is 22.8 Å². The van der Waals surface area contributed by atoms with Crippen LogP contribution in [0.15, 0.2) is 41.8 Å². The number of nitrogens with one attached hydrogen (secondary N) is 1. The molecule has 1 aromatic heterocycles. The molecule has 0 spiro atoms. The molecular weight excluding hydrogens is 383 g/mol. The number of amides is 1. The highest BCUT2D eigenvalue weighted by molar-refractivity contribution is 7.14. The molecule has 25 heavy (non-hydrogen) atoms. The van der Waals surface area contributed by atoms with E-state index in [0.29, 0.717) is 27.2 Å². The van der Waals surface area contributed by atoms with E-state index in [-0.39, 0.29) is 17.7 Å². The number of hydrogen-bond acceptors (Lipinski definition) is 5. The van der Waals surface area contributed by atoms with E-state index in [0.717, 1.165) is 11.3 Å². The minimum absolute atomic E-state index is 0.217. The number of halogens is 2. The van der Waals surface area contributed by atoms with Crippen LogP contribution in [0.1, 0.15) is 10.4 Å². The average molecular weight is 393 g/mol. The van der Waals surface area contributed by atoms with Gasteiger partial charge in [0.05, 0.1) is 21.3 Å². The minimum atomic E-state index is -0.362. The lowest BCUT2D eigenvalue weighted by molar-refractivity contribution is 0.102. The van der Waals surface area contributed by atoms with Crippen molar-refractivity contribution in [2.24, 2.45) is 0 Å². The number of carbonyl (C=O) groups is 1. The summed E-state index contributed by atoms with van der Waals surface area (Å²) in [4.78, 5) is 16.8. The Morgan fingerprint density at radius 1 is 1.16 bits per heavy atom. The highest BCUT2D eigenvalue weighted by Gasteiger charge is 2.17. The second-order valence-electron chi connectivity index (χ2n) is 5.16. The second-order valence-corrected chi connectivity index (χ2v) is 6.80. The van der Waals surface area contributed by atoms with Crippen LogP contribution in [0.4, 0.5) is 5.13 Å². The zero-order chi connectivity index (χ0) is 17.4. The van der Waals surface area contributed by atoms with Crippen LogP contribution < -0.4 is 14.8 Å². The quantitative estimate of drug-likeness (QED) is 0.673. The fourth-order valence-corrected chi connectivity index (χ4v) is 3.46. The fraction of sp³-hybridized carbons (Fsp3) is 0.0588. The molecule has 1 N–H and O–H groups in total. The zero-order valence-electron chi connectivity index (χ0n) is 12.6. The standard InChI is InChI=1S/C17H10Cl2N2O3S/c18-11-3-1-2-10(15(11)19)16(22)21-17-20-12(7-25-17)9-4-5-13-14(6-9)24-8-23-13/h1-7H,8H2,(H,20,21,22). The number of nitrogens with zero attached hydrogens (tertiary/aromatic N) is 1. The van der Waals surface area contributed by atoms with Crippen molar-refractivity contribution in [3.63, 3.8) is 0 Å². The summed E-state index contributed by atoms with van der Waals surface area (Å²) in [5, 5.41) is 5.60. The van der Waals surface area contributed by atoms with Crippen molar-refractivity contribution < 1.29 is 14.3 Å². The van der Waals surface area contributed by atoms with Gasteiger partial charge in [0.25, 0.3) is 5.91 Å². The number of carbonyl (C=O) groups excluding carboxylic acids is 1. The SMILES string of the molecule is O=C(Nc1nc(-c2ccc3c(c2)OCO3)cs1)c1cccc(Cl)c1Cl. The van der Waals surface area contributed by atoms with Gasteiger partial charge in [0.15, 0.2) is 16.6 Å². The first kappa shape index (κ1) is 16.2. The van der Waals surface area contributed by atoms with E-state index >= 15 is 0 Å². The summed E-state index contributed by atoms with van der Waals surface area (Å²) in [6.45, 7) is 0.220. The van der Waals surface area contributed by atoms with Crippen LogP contribution in [0.3, 0.4) is 0 Å². The third-order valence-corrected chi connectivity index (χ3v) is 5.17. The van der Waals surface area contributed by atoms with Crippen molar-refractivity contribution in [2.45, 2.75) is 0 Å². The Bertz CT molecular complexity index is 974. The molecule has 0 unspecified atom stereocenters. The second kappa shape index (κ2) is 6.55. The Kier molecular flexibility index (Phi) is 4.25. The molecule has 4 rings (SSSR count). The average Bonchev–Trinajstić information content (AvgIpc) is 3.25. The summed E-state index contributed by atoms with van der Waals surface area (Å²) in [6, 6.07) is 10.5. The van der Waals surface area contributed by atoms with E-state index in [1.165, 1.54) is 11.3 Å². The van der Waals surface area contributed by atoms with Crippen molar-refractivity contribution in [1.29, 1.82) is 0 Å². The van der Waals surface area contributed by atoms with Crippen LogP contribution in [0.2, 0.25) is 10.0 Å². The molecule has 0 bridgehead atoms. The molecular formula is C17H10Cl2N2O3S. The lowest BCUT2D eigenvalue weighted by atomic mass is 10.1. The number of ether oxygens (including phenoxy) is 2. The maximum atomic E-state index is 12.4. The molecule has 2 aromatic carbocycles. The zero-order valence-corrected chi connectivity index (χ0v) is 14.9. The third-order valence-electron chi connectivity index (χ3n) is 3.59. The molecule has 0 saturated carbocycles. The Balaban J connectivity index is 1.55. The largest absolute Gasteiger partial charge is 0.454 e. The van der Waals surface area contributed by atoms with Crippen LogP contribution in [-0.4, -0.2) is 17.7 Å². The predicted molar refractivity (Wildman–Crippen MR) is 98.1 cm³/mol. The van der Waals surface area contributed by atoms with Crippen LogP contribution in [0.25, 0.3) is 11.3 Å². The number of benzene rings is 2. The number of thiazole rings is 1. The van der Waals surface area contributed by atoms with Gasteiger partial charge in [0.2, 0.25) is 6.79 Å². The maximum Gasteiger partial charge on any atom is 0.259 e. The molecule has 1 aliphatic heterocycles. The molecule has 1 amide bonds. The van der Waals surface area contributed by atoms with Gasteiger partial charge in [-0.1, -0.05) is 29.3 Å².